The van der Waals surface area contributed by atoms with Crippen LogP contribution < -0.4 is 0 Å². The summed E-state index contributed by atoms with van der Waals surface area (Å²) in [4.78, 5) is 15.4. The third-order valence-corrected chi connectivity index (χ3v) is 3.19. The van der Waals surface area contributed by atoms with Gasteiger partial charge in [-0.15, -0.1) is 0 Å². The quantitative estimate of drug-likeness (QED) is 0.806. The number of rotatable bonds is 2. The molecule has 1 unspecified atom stereocenters. The van der Waals surface area contributed by atoms with E-state index >= 15 is 0 Å². The van der Waals surface area contributed by atoms with Crippen LogP contribution in [0.4, 0.5) is 0 Å². The van der Waals surface area contributed by atoms with Crippen molar-refractivity contribution in [1.82, 2.24) is 4.98 Å². The SMILES string of the molecule is O=C(O)C1CCCc2nc(C3CC3)oc21. The van der Waals surface area contributed by atoms with Crippen LogP contribution in [-0.4, -0.2) is 16.1 Å². The zero-order chi connectivity index (χ0) is 10.4. The van der Waals surface area contributed by atoms with E-state index in [2.05, 4.69) is 4.98 Å². The number of fused-ring (bicyclic) bond motifs is 1. The molecule has 3 rings (SSSR count). The fourth-order valence-electron chi connectivity index (χ4n) is 2.18. The van der Waals surface area contributed by atoms with Gasteiger partial charge in [-0.1, -0.05) is 0 Å². The van der Waals surface area contributed by atoms with Gasteiger partial charge in [-0.05, 0) is 32.1 Å². The van der Waals surface area contributed by atoms with Crippen LogP contribution in [0.25, 0.3) is 0 Å². The lowest BCUT2D eigenvalue weighted by atomic mass is 9.91. The number of oxazole rings is 1. The normalized spacial score (nSPS) is 24.9. The van der Waals surface area contributed by atoms with Gasteiger partial charge in [-0.25, -0.2) is 4.98 Å². The fraction of sp³-hybridized carbons (Fsp3) is 0.636. The Bertz CT molecular complexity index is 406. The molecule has 80 valence electrons. The Balaban J connectivity index is 1.98. The summed E-state index contributed by atoms with van der Waals surface area (Å²) in [7, 11) is 0. The van der Waals surface area contributed by atoms with Crippen molar-refractivity contribution in [3.63, 3.8) is 0 Å². The third kappa shape index (κ3) is 1.44. The van der Waals surface area contributed by atoms with Crippen molar-refractivity contribution in [2.45, 2.75) is 43.9 Å². The smallest absolute Gasteiger partial charge is 0.314 e. The molecule has 4 heteroatoms. The zero-order valence-corrected chi connectivity index (χ0v) is 8.40. The predicted molar refractivity (Wildman–Crippen MR) is 51.8 cm³/mol. The number of carboxylic acid groups (broad SMARTS) is 1. The number of carboxylic acids is 1. The summed E-state index contributed by atoms with van der Waals surface area (Å²) >= 11 is 0. The van der Waals surface area contributed by atoms with Crippen molar-refractivity contribution in [3.05, 3.63) is 17.3 Å². The van der Waals surface area contributed by atoms with Crippen molar-refractivity contribution < 1.29 is 14.3 Å². The van der Waals surface area contributed by atoms with Gasteiger partial charge in [0.05, 0.1) is 5.69 Å². The van der Waals surface area contributed by atoms with E-state index in [1.165, 1.54) is 0 Å². The molecule has 1 N–H and O–H groups in total. The van der Waals surface area contributed by atoms with E-state index in [1.54, 1.807) is 0 Å². The molecule has 1 saturated carbocycles. The number of nitrogens with zero attached hydrogens (tertiary/aromatic N) is 1. The Kier molecular flexibility index (Phi) is 1.84. The van der Waals surface area contributed by atoms with Gasteiger partial charge in [-0.3, -0.25) is 4.79 Å². The van der Waals surface area contributed by atoms with Gasteiger partial charge in [0.1, 0.15) is 11.7 Å². The first-order chi connectivity index (χ1) is 7.25. The van der Waals surface area contributed by atoms with E-state index in [1.807, 2.05) is 0 Å². The Labute approximate surface area is 87.3 Å². The summed E-state index contributed by atoms with van der Waals surface area (Å²) in [5.41, 5.74) is 0.885. The van der Waals surface area contributed by atoms with Crippen molar-refractivity contribution in [2.75, 3.05) is 0 Å². The number of hydrogen-bond donors (Lipinski definition) is 1. The highest BCUT2D eigenvalue weighted by Crippen LogP contribution is 2.42. The molecule has 0 spiro atoms. The predicted octanol–water partition coefficient (Wildman–Crippen LogP) is 2.06. The highest BCUT2D eigenvalue weighted by molar-refractivity contribution is 5.75. The maximum atomic E-state index is 11.0. The Morgan fingerprint density at radius 1 is 1.40 bits per heavy atom. The number of aryl methyl sites for hydroxylation is 1. The molecule has 15 heavy (non-hydrogen) atoms. The molecule has 1 aromatic heterocycles. The topological polar surface area (TPSA) is 63.3 Å². The lowest BCUT2D eigenvalue weighted by Crippen LogP contribution is -2.16. The van der Waals surface area contributed by atoms with Gasteiger partial charge >= 0.3 is 5.97 Å². The standard InChI is InChI=1S/C11H13NO3/c13-11(14)7-2-1-3-8-9(7)15-10(12-8)6-4-5-6/h6-7H,1-5H2,(H,13,14). The first-order valence-electron chi connectivity index (χ1n) is 5.48. The first kappa shape index (κ1) is 8.95. The number of aromatic nitrogens is 1. The minimum atomic E-state index is -0.783. The molecule has 4 nitrogen and oxygen atoms in total. The maximum Gasteiger partial charge on any atom is 0.314 e. The maximum absolute atomic E-state index is 11.0. The van der Waals surface area contributed by atoms with Crippen molar-refractivity contribution in [3.8, 4) is 0 Å². The largest absolute Gasteiger partial charge is 0.481 e. The van der Waals surface area contributed by atoms with Gasteiger partial charge in [0, 0.05) is 5.92 Å². The molecule has 0 aromatic carbocycles. The summed E-state index contributed by atoms with van der Waals surface area (Å²) in [5, 5.41) is 9.06. The highest BCUT2D eigenvalue weighted by atomic mass is 16.4. The lowest BCUT2D eigenvalue weighted by Gasteiger charge is -2.15. The zero-order valence-electron chi connectivity index (χ0n) is 8.40. The third-order valence-electron chi connectivity index (χ3n) is 3.19. The fourth-order valence-corrected chi connectivity index (χ4v) is 2.18. The van der Waals surface area contributed by atoms with Gasteiger partial charge in [-0.2, -0.15) is 0 Å². The molecule has 2 aliphatic rings. The van der Waals surface area contributed by atoms with Gasteiger partial charge in [0.2, 0.25) is 0 Å². The Morgan fingerprint density at radius 2 is 2.20 bits per heavy atom. The minimum Gasteiger partial charge on any atom is -0.481 e. The van der Waals surface area contributed by atoms with Crippen LogP contribution >= 0.6 is 0 Å². The molecule has 0 saturated heterocycles. The van der Waals surface area contributed by atoms with E-state index in [9.17, 15) is 4.79 Å². The van der Waals surface area contributed by atoms with E-state index in [4.69, 9.17) is 9.52 Å². The van der Waals surface area contributed by atoms with E-state index < -0.39 is 11.9 Å². The molecule has 1 aromatic rings. The lowest BCUT2D eigenvalue weighted by molar-refractivity contribution is -0.139. The van der Waals surface area contributed by atoms with E-state index in [-0.39, 0.29) is 0 Å². The van der Waals surface area contributed by atoms with Crippen LogP contribution in [0.3, 0.4) is 0 Å². The second-order valence-electron chi connectivity index (χ2n) is 4.42. The first-order valence-corrected chi connectivity index (χ1v) is 5.48. The van der Waals surface area contributed by atoms with Crippen LogP contribution in [-0.2, 0) is 11.2 Å². The van der Waals surface area contributed by atoms with E-state index in [0.29, 0.717) is 18.1 Å². The molecular weight excluding hydrogens is 194 g/mol. The molecular formula is C11H13NO3. The summed E-state index contributed by atoms with van der Waals surface area (Å²) in [6.07, 6.45) is 4.73. The van der Waals surface area contributed by atoms with Gasteiger partial charge in [0.15, 0.2) is 5.89 Å². The molecule has 1 heterocycles. The molecule has 0 amide bonds. The number of aliphatic carboxylic acids is 1. The van der Waals surface area contributed by atoms with E-state index in [0.717, 1.165) is 37.3 Å². The van der Waals surface area contributed by atoms with Crippen LogP contribution in [0.15, 0.2) is 4.42 Å². The summed E-state index contributed by atoms with van der Waals surface area (Å²) in [6.45, 7) is 0. The van der Waals surface area contributed by atoms with Gasteiger partial charge < -0.3 is 9.52 Å². The van der Waals surface area contributed by atoms with Crippen LogP contribution in [0.2, 0.25) is 0 Å². The molecule has 2 aliphatic carbocycles. The highest BCUT2D eigenvalue weighted by Gasteiger charge is 2.35. The molecule has 0 aliphatic heterocycles. The van der Waals surface area contributed by atoms with Crippen molar-refractivity contribution >= 4 is 5.97 Å². The minimum absolute atomic E-state index is 0.463. The number of hydrogen-bond acceptors (Lipinski definition) is 3. The second kappa shape index (κ2) is 3.08. The molecule has 0 bridgehead atoms. The summed E-state index contributed by atoms with van der Waals surface area (Å²) in [5.74, 6) is 0.608. The Hall–Kier alpha value is -1.32. The van der Waals surface area contributed by atoms with Gasteiger partial charge in [0.25, 0.3) is 0 Å². The molecule has 1 fully saturated rings. The summed E-state index contributed by atoms with van der Waals surface area (Å²) in [6, 6.07) is 0. The average Bonchev–Trinajstić information content (AvgIpc) is 2.96. The second-order valence-corrected chi connectivity index (χ2v) is 4.42. The number of carbonyl (C=O) groups is 1. The van der Waals surface area contributed by atoms with Crippen LogP contribution in [0.1, 0.15) is 54.9 Å². The van der Waals surface area contributed by atoms with Crippen molar-refractivity contribution in [2.24, 2.45) is 0 Å². The molecule has 1 atom stereocenters. The van der Waals surface area contributed by atoms with Crippen LogP contribution in [0, 0.1) is 0 Å². The average molecular weight is 207 g/mol. The van der Waals surface area contributed by atoms with Crippen molar-refractivity contribution in [1.29, 1.82) is 0 Å². The monoisotopic (exact) mass is 207 g/mol. The molecule has 0 radical (unpaired) electrons. The summed E-state index contributed by atoms with van der Waals surface area (Å²) < 4.78 is 5.61. The Morgan fingerprint density at radius 3 is 2.87 bits per heavy atom. The van der Waals surface area contributed by atoms with Crippen LogP contribution in [0.5, 0.6) is 0 Å².